The molecule has 0 aliphatic carbocycles. The van der Waals surface area contributed by atoms with E-state index in [0.717, 1.165) is 36.4 Å². The van der Waals surface area contributed by atoms with E-state index in [4.69, 9.17) is 11.6 Å². The summed E-state index contributed by atoms with van der Waals surface area (Å²) in [5.74, 6) is -0.531. The Balaban J connectivity index is 2.45. The van der Waals surface area contributed by atoms with E-state index in [1.807, 2.05) is 0 Å². The zero-order chi connectivity index (χ0) is 16.5. The minimum Gasteiger partial charge on any atom is -0.406 e. The number of rotatable bonds is 2. The van der Waals surface area contributed by atoms with Gasteiger partial charge in [0.05, 0.1) is 5.56 Å². The highest BCUT2D eigenvalue weighted by Crippen LogP contribution is 2.41. The Morgan fingerprint density at radius 2 is 1.41 bits per heavy atom. The summed E-state index contributed by atoms with van der Waals surface area (Å²) in [5.41, 5.74) is -1.23. The number of hydrogen-bond acceptors (Lipinski definition) is 1. The fraction of sp³-hybridized carbons (Fsp3) is 0.143. The predicted molar refractivity (Wildman–Crippen MR) is 68.6 cm³/mol. The highest BCUT2D eigenvalue weighted by Gasteiger charge is 2.35. The van der Waals surface area contributed by atoms with Crippen LogP contribution in [-0.2, 0) is 6.18 Å². The van der Waals surface area contributed by atoms with Crippen LogP contribution in [0.4, 0.5) is 26.3 Å². The SMILES string of the molecule is FC(F)(F)Oc1ccc(-c2c(Cl)cccc2C(F)(F)F)cc1. The molecule has 22 heavy (non-hydrogen) atoms. The van der Waals surface area contributed by atoms with Gasteiger partial charge in [0.1, 0.15) is 5.75 Å². The van der Waals surface area contributed by atoms with E-state index in [-0.39, 0.29) is 16.1 Å². The summed E-state index contributed by atoms with van der Waals surface area (Å²) in [4.78, 5) is 0. The van der Waals surface area contributed by atoms with Crippen molar-refractivity contribution < 1.29 is 31.1 Å². The highest BCUT2D eigenvalue weighted by atomic mass is 35.5. The van der Waals surface area contributed by atoms with Gasteiger partial charge >= 0.3 is 12.5 Å². The lowest BCUT2D eigenvalue weighted by atomic mass is 9.99. The summed E-state index contributed by atoms with van der Waals surface area (Å²) in [6, 6.07) is 7.27. The first-order valence-corrected chi connectivity index (χ1v) is 6.17. The van der Waals surface area contributed by atoms with Gasteiger partial charge in [-0.1, -0.05) is 29.8 Å². The first-order chi connectivity index (χ1) is 10.1. The van der Waals surface area contributed by atoms with Crippen LogP contribution >= 0.6 is 11.6 Å². The van der Waals surface area contributed by atoms with Crippen molar-refractivity contribution in [2.75, 3.05) is 0 Å². The molecule has 1 nitrogen and oxygen atoms in total. The number of alkyl halides is 6. The standard InChI is InChI=1S/C14H7ClF6O/c15-11-3-1-2-10(13(16,17)18)12(11)8-4-6-9(7-5-8)22-14(19,20)21/h1-7H. The van der Waals surface area contributed by atoms with Crippen molar-refractivity contribution in [2.45, 2.75) is 12.5 Å². The van der Waals surface area contributed by atoms with Gasteiger partial charge in [-0.05, 0) is 29.8 Å². The summed E-state index contributed by atoms with van der Waals surface area (Å²) in [6.45, 7) is 0. The lowest BCUT2D eigenvalue weighted by molar-refractivity contribution is -0.274. The van der Waals surface area contributed by atoms with E-state index in [0.29, 0.717) is 0 Å². The molecule has 118 valence electrons. The zero-order valence-electron chi connectivity index (χ0n) is 10.6. The summed E-state index contributed by atoms with van der Waals surface area (Å²) in [6.07, 6.45) is -9.51. The molecule has 0 amide bonds. The van der Waals surface area contributed by atoms with Crippen LogP contribution in [0.5, 0.6) is 5.75 Å². The molecule has 8 heteroatoms. The van der Waals surface area contributed by atoms with Crippen LogP contribution in [-0.4, -0.2) is 6.36 Å². The van der Waals surface area contributed by atoms with Gasteiger partial charge in [0.2, 0.25) is 0 Å². The van der Waals surface area contributed by atoms with E-state index in [2.05, 4.69) is 4.74 Å². The topological polar surface area (TPSA) is 9.23 Å². The Morgan fingerprint density at radius 1 is 0.818 bits per heavy atom. The summed E-state index contributed by atoms with van der Waals surface area (Å²) >= 11 is 5.80. The number of hydrogen-bond donors (Lipinski definition) is 0. The summed E-state index contributed by atoms with van der Waals surface area (Å²) in [7, 11) is 0. The fourth-order valence-electron chi connectivity index (χ4n) is 1.88. The second-order valence-electron chi connectivity index (χ2n) is 4.23. The molecule has 0 saturated heterocycles. The average molecular weight is 341 g/mol. The van der Waals surface area contributed by atoms with E-state index >= 15 is 0 Å². The first kappa shape index (κ1) is 16.5. The van der Waals surface area contributed by atoms with Crippen molar-refractivity contribution in [1.82, 2.24) is 0 Å². The van der Waals surface area contributed by atoms with Crippen LogP contribution in [0, 0.1) is 0 Å². The van der Waals surface area contributed by atoms with Crippen molar-refractivity contribution >= 4 is 11.6 Å². The summed E-state index contributed by atoms with van der Waals surface area (Å²) in [5, 5.41) is -0.153. The number of halogens is 7. The Labute approximate surface area is 126 Å². The third-order valence-electron chi connectivity index (χ3n) is 2.70. The maximum absolute atomic E-state index is 13.0. The normalized spacial score (nSPS) is 12.3. The van der Waals surface area contributed by atoms with Crippen LogP contribution in [0.25, 0.3) is 11.1 Å². The molecular weight excluding hydrogens is 334 g/mol. The van der Waals surface area contributed by atoms with Crippen molar-refractivity contribution in [3.8, 4) is 16.9 Å². The molecule has 0 aromatic heterocycles. The van der Waals surface area contributed by atoms with Gasteiger partial charge < -0.3 is 4.74 Å². The molecule has 0 bridgehead atoms. The molecule has 0 atom stereocenters. The first-order valence-electron chi connectivity index (χ1n) is 5.80. The zero-order valence-corrected chi connectivity index (χ0v) is 11.4. The molecule has 0 unspecified atom stereocenters. The van der Waals surface area contributed by atoms with Crippen molar-refractivity contribution in [2.24, 2.45) is 0 Å². The van der Waals surface area contributed by atoms with E-state index in [1.54, 1.807) is 0 Å². The van der Waals surface area contributed by atoms with Gasteiger partial charge in [0, 0.05) is 10.6 Å². The van der Waals surface area contributed by atoms with E-state index in [9.17, 15) is 26.3 Å². The summed E-state index contributed by atoms with van der Waals surface area (Å²) < 4.78 is 78.8. The molecule has 2 rings (SSSR count). The molecule has 0 radical (unpaired) electrons. The maximum atomic E-state index is 13.0. The molecule has 0 spiro atoms. The second-order valence-corrected chi connectivity index (χ2v) is 4.64. The molecule has 0 heterocycles. The lowest BCUT2D eigenvalue weighted by Gasteiger charge is -2.15. The number of ether oxygens (including phenoxy) is 1. The van der Waals surface area contributed by atoms with Crippen LogP contribution in [0.2, 0.25) is 5.02 Å². The van der Waals surface area contributed by atoms with Crippen LogP contribution in [0.15, 0.2) is 42.5 Å². The van der Waals surface area contributed by atoms with Gasteiger partial charge in [0.25, 0.3) is 0 Å². The lowest BCUT2D eigenvalue weighted by Crippen LogP contribution is -2.17. The van der Waals surface area contributed by atoms with Gasteiger partial charge in [-0.25, -0.2) is 0 Å². The molecule has 2 aromatic carbocycles. The molecular formula is C14H7ClF6O. The molecule has 0 aliphatic heterocycles. The monoisotopic (exact) mass is 340 g/mol. The minimum atomic E-state index is -4.87. The molecule has 0 aliphatic rings. The Morgan fingerprint density at radius 3 is 1.91 bits per heavy atom. The maximum Gasteiger partial charge on any atom is 0.573 e. The van der Waals surface area contributed by atoms with E-state index in [1.165, 1.54) is 6.07 Å². The van der Waals surface area contributed by atoms with Crippen LogP contribution < -0.4 is 4.74 Å². The van der Waals surface area contributed by atoms with Crippen LogP contribution in [0.1, 0.15) is 5.56 Å². The molecule has 0 saturated carbocycles. The molecule has 2 aromatic rings. The van der Waals surface area contributed by atoms with Crippen molar-refractivity contribution in [3.63, 3.8) is 0 Å². The van der Waals surface area contributed by atoms with Gasteiger partial charge in [-0.3, -0.25) is 0 Å². The Kier molecular flexibility index (Phi) is 4.28. The highest BCUT2D eigenvalue weighted by molar-refractivity contribution is 6.33. The molecule has 0 fully saturated rings. The third kappa shape index (κ3) is 3.85. The van der Waals surface area contributed by atoms with E-state index < -0.39 is 23.9 Å². The van der Waals surface area contributed by atoms with Crippen molar-refractivity contribution in [1.29, 1.82) is 0 Å². The quantitative estimate of drug-likeness (QED) is 0.616. The molecule has 0 N–H and O–H groups in total. The Hall–Kier alpha value is -1.89. The average Bonchev–Trinajstić information content (AvgIpc) is 2.37. The largest absolute Gasteiger partial charge is 0.573 e. The Bertz CT molecular complexity index is 661. The predicted octanol–water partition coefficient (Wildman–Crippen LogP) is 5.92. The number of benzene rings is 2. The van der Waals surface area contributed by atoms with Crippen LogP contribution in [0.3, 0.4) is 0 Å². The minimum absolute atomic E-state index is 0.0347. The van der Waals surface area contributed by atoms with Gasteiger partial charge in [-0.15, -0.1) is 13.2 Å². The smallest absolute Gasteiger partial charge is 0.406 e. The second kappa shape index (κ2) is 5.72. The fourth-order valence-corrected chi connectivity index (χ4v) is 2.16. The van der Waals surface area contributed by atoms with Gasteiger partial charge in [-0.2, -0.15) is 13.2 Å². The third-order valence-corrected chi connectivity index (χ3v) is 3.01. The van der Waals surface area contributed by atoms with Crippen molar-refractivity contribution in [3.05, 3.63) is 53.1 Å². The van der Waals surface area contributed by atoms with Gasteiger partial charge in [0.15, 0.2) is 0 Å².